The minimum absolute atomic E-state index is 0.154. The largest absolute Gasteiger partial charge is 0.490 e. The number of carbonyl (C=O) groups is 2. The van der Waals surface area contributed by atoms with Gasteiger partial charge in [-0.25, -0.2) is 4.68 Å². The third-order valence-electron chi connectivity index (χ3n) is 3.15. The molecule has 0 saturated carbocycles. The summed E-state index contributed by atoms with van der Waals surface area (Å²) in [6, 6.07) is 6.88. The number of ether oxygens (including phenoxy) is 1. The molecule has 0 spiro atoms. The maximum Gasteiger partial charge on any atom is 0.325 e. The fourth-order valence-corrected chi connectivity index (χ4v) is 1.94. The van der Waals surface area contributed by atoms with Gasteiger partial charge in [-0.05, 0) is 38.1 Å². The Morgan fingerprint density at radius 2 is 2.16 bits per heavy atom. The van der Waals surface area contributed by atoms with E-state index in [1.165, 1.54) is 10.9 Å². The fraction of sp³-hybridized carbons (Fsp3) is 0.294. The number of hydrogen-bond acceptors (Lipinski definition) is 5. The van der Waals surface area contributed by atoms with Crippen LogP contribution >= 0.6 is 0 Å². The van der Waals surface area contributed by atoms with Gasteiger partial charge in [0.05, 0.1) is 12.7 Å². The number of carboxylic acids is 1. The minimum atomic E-state index is -1.01. The molecule has 2 aromatic rings. The molecule has 1 aromatic carbocycles. The van der Waals surface area contributed by atoms with Gasteiger partial charge >= 0.3 is 5.97 Å². The second-order valence-electron chi connectivity index (χ2n) is 5.60. The van der Waals surface area contributed by atoms with Gasteiger partial charge in [-0.3, -0.25) is 9.59 Å². The SMILES string of the molecule is CC(C)=CCOc1cccc(C(=O)NCc2cn(CC(=O)O)nn2)c1. The van der Waals surface area contributed by atoms with Crippen molar-refractivity contribution in [3.05, 3.63) is 53.4 Å². The Hall–Kier alpha value is -3.16. The van der Waals surface area contributed by atoms with E-state index in [2.05, 4.69) is 15.6 Å². The average Bonchev–Trinajstić information content (AvgIpc) is 2.99. The van der Waals surface area contributed by atoms with Crippen molar-refractivity contribution in [1.29, 1.82) is 0 Å². The zero-order valence-electron chi connectivity index (χ0n) is 14.1. The van der Waals surface area contributed by atoms with Gasteiger partial charge in [0.25, 0.3) is 5.91 Å². The first-order valence-corrected chi connectivity index (χ1v) is 7.69. The molecule has 0 bridgehead atoms. The van der Waals surface area contributed by atoms with E-state index in [0.717, 1.165) is 5.57 Å². The Labute approximate surface area is 145 Å². The first-order chi connectivity index (χ1) is 11.9. The lowest BCUT2D eigenvalue weighted by atomic mass is 10.2. The Morgan fingerprint density at radius 1 is 1.36 bits per heavy atom. The van der Waals surface area contributed by atoms with Crippen LogP contribution in [0.1, 0.15) is 29.9 Å². The minimum Gasteiger partial charge on any atom is -0.490 e. The molecule has 0 unspecified atom stereocenters. The van der Waals surface area contributed by atoms with Gasteiger partial charge in [0.1, 0.15) is 24.6 Å². The molecule has 0 saturated heterocycles. The van der Waals surface area contributed by atoms with Crippen molar-refractivity contribution < 1.29 is 19.4 Å². The molecule has 8 heteroatoms. The van der Waals surface area contributed by atoms with E-state index < -0.39 is 5.97 Å². The monoisotopic (exact) mass is 344 g/mol. The molecule has 2 rings (SSSR count). The van der Waals surface area contributed by atoms with Crippen molar-refractivity contribution in [3.63, 3.8) is 0 Å². The number of hydrogen-bond donors (Lipinski definition) is 2. The number of benzene rings is 1. The van der Waals surface area contributed by atoms with Gasteiger partial charge < -0.3 is 15.2 Å². The number of aromatic nitrogens is 3. The Bertz CT molecular complexity index is 778. The third-order valence-corrected chi connectivity index (χ3v) is 3.15. The number of allylic oxidation sites excluding steroid dienone is 1. The van der Waals surface area contributed by atoms with Crippen LogP contribution in [0.2, 0.25) is 0 Å². The van der Waals surface area contributed by atoms with Crippen LogP contribution < -0.4 is 10.1 Å². The summed E-state index contributed by atoms with van der Waals surface area (Å²) in [6.07, 6.45) is 3.43. The van der Waals surface area contributed by atoms with Crippen molar-refractivity contribution in [2.45, 2.75) is 26.9 Å². The van der Waals surface area contributed by atoms with Crippen molar-refractivity contribution in [2.75, 3.05) is 6.61 Å². The van der Waals surface area contributed by atoms with Gasteiger partial charge in [0.15, 0.2) is 0 Å². The topological polar surface area (TPSA) is 106 Å². The number of carboxylic acid groups (broad SMARTS) is 1. The number of nitrogens with zero attached hydrogens (tertiary/aromatic N) is 3. The highest BCUT2D eigenvalue weighted by atomic mass is 16.5. The van der Waals surface area contributed by atoms with Crippen LogP contribution in [0.5, 0.6) is 5.75 Å². The summed E-state index contributed by atoms with van der Waals surface area (Å²) >= 11 is 0. The maximum atomic E-state index is 12.2. The lowest BCUT2D eigenvalue weighted by Crippen LogP contribution is -2.23. The quantitative estimate of drug-likeness (QED) is 0.705. The predicted molar refractivity (Wildman–Crippen MR) is 90.2 cm³/mol. The van der Waals surface area contributed by atoms with Crippen LogP contribution in [0.25, 0.3) is 0 Å². The highest BCUT2D eigenvalue weighted by Crippen LogP contribution is 2.13. The number of amides is 1. The molecule has 1 amide bonds. The Kier molecular flexibility index (Phi) is 6.27. The van der Waals surface area contributed by atoms with E-state index in [9.17, 15) is 9.59 Å². The lowest BCUT2D eigenvalue weighted by Gasteiger charge is -2.07. The molecule has 1 heterocycles. The van der Waals surface area contributed by atoms with Crippen LogP contribution in [0.15, 0.2) is 42.1 Å². The number of nitrogens with one attached hydrogen (secondary N) is 1. The second kappa shape index (κ2) is 8.62. The van der Waals surface area contributed by atoms with Gasteiger partial charge in [-0.2, -0.15) is 0 Å². The van der Waals surface area contributed by atoms with Crippen molar-refractivity contribution in [1.82, 2.24) is 20.3 Å². The standard InChI is InChI=1S/C17H20N4O4/c1-12(2)6-7-25-15-5-3-4-13(8-15)17(24)18-9-14-10-21(20-19-14)11-16(22)23/h3-6,8,10H,7,9,11H2,1-2H3,(H,18,24)(H,22,23). The number of aliphatic carboxylic acids is 1. The molecule has 0 aliphatic heterocycles. The van der Waals surface area contributed by atoms with Gasteiger partial charge in [-0.15, -0.1) is 5.10 Å². The molecule has 0 aliphatic carbocycles. The summed E-state index contributed by atoms with van der Waals surface area (Å²) in [6.45, 7) is 4.30. The molecule has 0 fully saturated rings. The van der Waals surface area contributed by atoms with E-state index >= 15 is 0 Å². The second-order valence-corrected chi connectivity index (χ2v) is 5.60. The molecule has 0 radical (unpaired) electrons. The third kappa shape index (κ3) is 6.09. The van der Waals surface area contributed by atoms with Gasteiger partial charge in [0.2, 0.25) is 0 Å². The lowest BCUT2D eigenvalue weighted by molar-refractivity contribution is -0.137. The number of carbonyl (C=O) groups excluding carboxylic acids is 1. The van der Waals surface area contributed by atoms with E-state index in [1.807, 2.05) is 19.9 Å². The van der Waals surface area contributed by atoms with Gasteiger partial charge in [-0.1, -0.05) is 16.9 Å². The van der Waals surface area contributed by atoms with E-state index in [4.69, 9.17) is 9.84 Å². The average molecular weight is 344 g/mol. The summed E-state index contributed by atoms with van der Waals surface area (Å²) in [5.41, 5.74) is 2.10. The molecule has 8 nitrogen and oxygen atoms in total. The predicted octanol–water partition coefficient (Wildman–Crippen LogP) is 1.64. The zero-order valence-corrected chi connectivity index (χ0v) is 14.1. The molecule has 0 aliphatic rings. The summed E-state index contributed by atoms with van der Waals surface area (Å²) in [4.78, 5) is 22.8. The van der Waals surface area contributed by atoms with Gasteiger partial charge in [0, 0.05) is 5.56 Å². The highest BCUT2D eigenvalue weighted by molar-refractivity contribution is 5.94. The molecule has 0 atom stereocenters. The van der Waals surface area contributed by atoms with Crippen LogP contribution in [-0.2, 0) is 17.9 Å². The van der Waals surface area contributed by atoms with E-state index in [0.29, 0.717) is 23.6 Å². The summed E-state index contributed by atoms with van der Waals surface area (Å²) in [7, 11) is 0. The normalized spacial score (nSPS) is 10.2. The van der Waals surface area contributed by atoms with E-state index in [1.54, 1.807) is 24.3 Å². The van der Waals surface area contributed by atoms with Crippen LogP contribution in [0.4, 0.5) is 0 Å². The maximum absolute atomic E-state index is 12.2. The summed E-state index contributed by atoms with van der Waals surface area (Å²) in [5.74, 6) is -0.677. The van der Waals surface area contributed by atoms with Crippen molar-refractivity contribution in [2.24, 2.45) is 0 Å². The highest BCUT2D eigenvalue weighted by Gasteiger charge is 2.09. The van der Waals surface area contributed by atoms with Crippen molar-refractivity contribution >= 4 is 11.9 Å². The fourth-order valence-electron chi connectivity index (χ4n) is 1.94. The summed E-state index contributed by atoms with van der Waals surface area (Å²) in [5, 5.41) is 18.9. The molecule has 2 N–H and O–H groups in total. The van der Waals surface area contributed by atoms with Crippen LogP contribution in [0, 0.1) is 0 Å². The van der Waals surface area contributed by atoms with E-state index in [-0.39, 0.29) is 19.0 Å². The first-order valence-electron chi connectivity index (χ1n) is 7.69. The first kappa shape index (κ1) is 18.2. The Morgan fingerprint density at radius 3 is 2.88 bits per heavy atom. The van der Waals surface area contributed by atoms with Crippen LogP contribution in [0.3, 0.4) is 0 Å². The van der Waals surface area contributed by atoms with Crippen LogP contribution in [-0.4, -0.2) is 38.6 Å². The molecular formula is C17H20N4O4. The number of rotatable bonds is 8. The molecule has 1 aromatic heterocycles. The zero-order chi connectivity index (χ0) is 18.2. The summed E-state index contributed by atoms with van der Waals surface area (Å²) < 4.78 is 6.77. The van der Waals surface area contributed by atoms with Crippen molar-refractivity contribution in [3.8, 4) is 5.75 Å². The molecule has 25 heavy (non-hydrogen) atoms. The Balaban J connectivity index is 1.91. The molecule has 132 valence electrons. The smallest absolute Gasteiger partial charge is 0.325 e. The molecular weight excluding hydrogens is 324 g/mol.